The minimum absolute atomic E-state index is 0.176. The van der Waals surface area contributed by atoms with E-state index in [0.717, 1.165) is 16.8 Å². The lowest BCUT2D eigenvalue weighted by atomic mass is 9.62. The molecule has 4 rings (SSSR count). The number of hydrogen-bond acceptors (Lipinski definition) is 4. The van der Waals surface area contributed by atoms with Gasteiger partial charge in [-0.2, -0.15) is 5.21 Å². The minimum Gasteiger partial charge on any atom is -0.256 e. The number of hydrogen-bond donors (Lipinski definition) is 1. The maximum Gasteiger partial charge on any atom is 0.178 e. The molecular weight excluding hydrogens is 358 g/mol. The van der Waals surface area contributed by atoms with Crippen LogP contribution in [0.1, 0.15) is 79.9 Å². The zero-order chi connectivity index (χ0) is 20.8. The SMILES string of the molecule is C=C(c1ccc(Cc2nn[nH]n2)cn1)c1cc2c(cc1C)C(C)(C)CCC2(C)C. The largest absolute Gasteiger partial charge is 0.256 e. The van der Waals surface area contributed by atoms with Crippen LogP contribution in [0.3, 0.4) is 0 Å². The van der Waals surface area contributed by atoms with Crippen molar-refractivity contribution >= 4 is 5.57 Å². The Hall–Kier alpha value is -2.82. The quantitative estimate of drug-likeness (QED) is 0.691. The van der Waals surface area contributed by atoms with E-state index in [1.165, 1.54) is 35.1 Å². The van der Waals surface area contributed by atoms with E-state index >= 15 is 0 Å². The Morgan fingerprint density at radius 1 is 1.07 bits per heavy atom. The lowest BCUT2D eigenvalue weighted by Gasteiger charge is -2.42. The van der Waals surface area contributed by atoms with Gasteiger partial charge < -0.3 is 0 Å². The summed E-state index contributed by atoms with van der Waals surface area (Å²) in [5.41, 5.74) is 8.68. The maximum atomic E-state index is 4.67. The number of aromatic amines is 1. The average Bonchev–Trinajstić information content (AvgIpc) is 3.18. The average molecular weight is 388 g/mol. The van der Waals surface area contributed by atoms with Gasteiger partial charge in [-0.05, 0) is 70.5 Å². The van der Waals surface area contributed by atoms with E-state index in [1.54, 1.807) is 0 Å². The molecule has 0 saturated heterocycles. The molecule has 3 aromatic rings. The maximum absolute atomic E-state index is 4.67. The molecule has 0 spiro atoms. The van der Waals surface area contributed by atoms with Crippen LogP contribution in [-0.4, -0.2) is 25.6 Å². The molecule has 1 N–H and O–H groups in total. The fourth-order valence-electron chi connectivity index (χ4n) is 4.33. The Balaban J connectivity index is 1.67. The zero-order valence-electron chi connectivity index (χ0n) is 18.0. The molecule has 2 aromatic heterocycles. The number of H-pyrrole nitrogens is 1. The summed E-state index contributed by atoms with van der Waals surface area (Å²) in [6.45, 7) is 16.0. The lowest BCUT2D eigenvalue weighted by molar-refractivity contribution is 0.331. The normalized spacial score (nSPS) is 17.0. The van der Waals surface area contributed by atoms with Crippen LogP contribution in [0.4, 0.5) is 0 Å². The Morgan fingerprint density at radius 2 is 1.76 bits per heavy atom. The third-order valence-corrected chi connectivity index (χ3v) is 6.41. The molecule has 0 bridgehead atoms. The molecule has 0 atom stereocenters. The van der Waals surface area contributed by atoms with E-state index in [1.807, 2.05) is 12.3 Å². The fraction of sp³-hybridized carbons (Fsp3) is 0.417. The Morgan fingerprint density at radius 3 is 2.34 bits per heavy atom. The van der Waals surface area contributed by atoms with E-state index < -0.39 is 0 Å². The minimum atomic E-state index is 0.176. The van der Waals surface area contributed by atoms with Crippen molar-refractivity contribution in [1.82, 2.24) is 25.6 Å². The highest BCUT2D eigenvalue weighted by atomic mass is 15.5. The Labute approximate surface area is 172 Å². The number of aryl methyl sites for hydroxylation is 1. The number of nitrogens with zero attached hydrogens (tertiary/aromatic N) is 4. The number of benzene rings is 1. The van der Waals surface area contributed by atoms with Crippen molar-refractivity contribution in [2.45, 2.75) is 64.7 Å². The van der Waals surface area contributed by atoms with Crippen molar-refractivity contribution in [3.63, 3.8) is 0 Å². The molecule has 0 fully saturated rings. The number of pyridine rings is 1. The molecule has 1 aliphatic rings. The summed E-state index contributed by atoms with van der Waals surface area (Å²) in [5, 5.41) is 14.1. The number of fused-ring (bicyclic) bond motifs is 1. The Kier molecular flexibility index (Phi) is 4.64. The topological polar surface area (TPSA) is 67.3 Å². The van der Waals surface area contributed by atoms with Crippen molar-refractivity contribution < 1.29 is 0 Å². The summed E-state index contributed by atoms with van der Waals surface area (Å²) in [6, 6.07) is 8.83. The van der Waals surface area contributed by atoms with Crippen molar-refractivity contribution in [3.05, 3.63) is 76.4 Å². The molecule has 0 saturated carbocycles. The first-order valence-electron chi connectivity index (χ1n) is 10.2. The van der Waals surface area contributed by atoms with Crippen LogP contribution in [-0.2, 0) is 17.3 Å². The van der Waals surface area contributed by atoms with E-state index in [9.17, 15) is 0 Å². The van der Waals surface area contributed by atoms with E-state index in [0.29, 0.717) is 12.2 Å². The standard InChI is InChI=1S/C24H29N5/c1-15-11-19-20(24(5,6)10-9-23(19,3)4)13-18(15)16(2)21-8-7-17(14-25-21)12-22-26-28-29-27-22/h7-8,11,13-14H,2,9-10,12H2,1,3-6H3,(H,26,27,28,29). The van der Waals surface area contributed by atoms with Gasteiger partial charge in [-0.1, -0.05) is 51.6 Å². The third kappa shape index (κ3) is 3.61. The van der Waals surface area contributed by atoms with Crippen LogP contribution in [0, 0.1) is 6.92 Å². The zero-order valence-corrected chi connectivity index (χ0v) is 18.0. The van der Waals surface area contributed by atoms with Gasteiger partial charge >= 0.3 is 0 Å². The van der Waals surface area contributed by atoms with Gasteiger partial charge in [0.25, 0.3) is 0 Å². The molecule has 0 amide bonds. The molecule has 2 heterocycles. The van der Waals surface area contributed by atoms with Crippen LogP contribution in [0.5, 0.6) is 0 Å². The van der Waals surface area contributed by atoms with Crippen molar-refractivity contribution in [2.75, 3.05) is 0 Å². The second kappa shape index (κ2) is 6.90. The second-order valence-electron chi connectivity index (χ2n) is 9.52. The Bertz CT molecular complexity index is 1040. The van der Waals surface area contributed by atoms with Crippen LogP contribution >= 0.6 is 0 Å². The second-order valence-corrected chi connectivity index (χ2v) is 9.52. The molecule has 1 aliphatic carbocycles. The first-order chi connectivity index (χ1) is 13.7. The first kappa shape index (κ1) is 19.5. The fourth-order valence-corrected chi connectivity index (χ4v) is 4.33. The van der Waals surface area contributed by atoms with Gasteiger partial charge in [0.2, 0.25) is 0 Å². The van der Waals surface area contributed by atoms with Gasteiger partial charge in [-0.15, -0.1) is 10.2 Å². The molecule has 5 heteroatoms. The first-order valence-corrected chi connectivity index (χ1v) is 10.2. The molecular formula is C24H29N5. The highest BCUT2D eigenvalue weighted by Crippen LogP contribution is 2.47. The third-order valence-electron chi connectivity index (χ3n) is 6.41. The molecule has 0 aliphatic heterocycles. The van der Waals surface area contributed by atoms with Crippen LogP contribution in [0.2, 0.25) is 0 Å². The van der Waals surface area contributed by atoms with Crippen LogP contribution in [0.15, 0.2) is 37.0 Å². The number of tetrazole rings is 1. The monoisotopic (exact) mass is 387 g/mol. The van der Waals surface area contributed by atoms with Gasteiger partial charge in [0, 0.05) is 18.2 Å². The molecule has 0 unspecified atom stereocenters. The number of nitrogens with one attached hydrogen (secondary N) is 1. The van der Waals surface area contributed by atoms with Gasteiger partial charge in [0.15, 0.2) is 5.82 Å². The highest BCUT2D eigenvalue weighted by molar-refractivity contribution is 5.79. The van der Waals surface area contributed by atoms with Gasteiger partial charge in [0.1, 0.15) is 0 Å². The molecule has 5 nitrogen and oxygen atoms in total. The van der Waals surface area contributed by atoms with Crippen LogP contribution in [0.25, 0.3) is 5.57 Å². The predicted molar refractivity (Wildman–Crippen MR) is 116 cm³/mol. The van der Waals surface area contributed by atoms with E-state index in [-0.39, 0.29) is 10.8 Å². The van der Waals surface area contributed by atoms with E-state index in [2.05, 4.69) is 85.0 Å². The van der Waals surface area contributed by atoms with Crippen molar-refractivity contribution in [2.24, 2.45) is 0 Å². The summed E-state index contributed by atoms with van der Waals surface area (Å²) in [4.78, 5) is 4.67. The number of rotatable bonds is 4. The summed E-state index contributed by atoms with van der Waals surface area (Å²) < 4.78 is 0. The highest BCUT2D eigenvalue weighted by Gasteiger charge is 2.37. The summed E-state index contributed by atoms with van der Waals surface area (Å²) in [5.74, 6) is 0.661. The smallest absolute Gasteiger partial charge is 0.178 e. The predicted octanol–water partition coefficient (Wildman–Crippen LogP) is 4.90. The van der Waals surface area contributed by atoms with Gasteiger partial charge in [-0.25, -0.2) is 0 Å². The van der Waals surface area contributed by atoms with Gasteiger partial charge in [-0.3, -0.25) is 4.98 Å². The molecule has 29 heavy (non-hydrogen) atoms. The summed E-state index contributed by atoms with van der Waals surface area (Å²) in [6.07, 6.45) is 4.90. The summed E-state index contributed by atoms with van der Waals surface area (Å²) in [7, 11) is 0. The van der Waals surface area contributed by atoms with Crippen molar-refractivity contribution in [3.8, 4) is 0 Å². The van der Waals surface area contributed by atoms with Crippen molar-refractivity contribution in [1.29, 1.82) is 0 Å². The summed E-state index contributed by atoms with van der Waals surface area (Å²) >= 11 is 0. The number of aromatic nitrogens is 5. The molecule has 1 aromatic carbocycles. The van der Waals surface area contributed by atoms with Gasteiger partial charge in [0.05, 0.1) is 5.69 Å². The van der Waals surface area contributed by atoms with E-state index in [4.69, 9.17) is 0 Å². The lowest BCUT2D eigenvalue weighted by Crippen LogP contribution is -2.34. The molecule has 150 valence electrons. The van der Waals surface area contributed by atoms with Crippen LogP contribution < -0.4 is 0 Å². The molecule has 0 radical (unpaired) electrons.